The van der Waals surface area contributed by atoms with Crippen LogP contribution in [0.25, 0.3) is 10.4 Å². The molecular formula is C25H25N3O5S. The van der Waals surface area contributed by atoms with Crippen LogP contribution in [0.2, 0.25) is 0 Å². The van der Waals surface area contributed by atoms with Gasteiger partial charge in [-0.15, -0.1) is 11.3 Å². The SMILES string of the molecule is COC(=O)C1CCC(c2ncc(-c3ccc(NC(=O)Nc4ccc5c(c4)OCO5)cc3)s2)CC1. The monoisotopic (exact) mass is 479 g/mol. The van der Waals surface area contributed by atoms with Crippen LogP contribution in [-0.4, -0.2) is 30.9 Å². The number of thiazole rings is 1. The molecule has 2 amide bonds. The van der Waals surface area contributed by atoms with Gasteiger partial charge in [0.2, 0.25) is 6.79 Å². The summed E-state index contributed by atoms with van der Waals surface area (Å²) in [7, 11) is 1.45. The van der Waals surface area contributed by atoms with Crippen molar-refractivity contribution in [2.75, 3.05) is 24.5 Å². The van der Waals surface area contributed by atoms with Crippen LogP contribution < -0.4 is 20.1 Å². The lowest BCUT2D eigenvalue weighted by atomic mass is 9.82. The second-order valence-electron chi connectivity index (χ2n) is 8.36. The van der Waals surface area contributed by atoms with Crippen molar-refractivity contribution in [2.24, 2.45) is 5.92 Å². The van der Waals surface area contributed by atoms with Crippen LogP contribution in [0.4, 0.5) is 16.2 Å². The number of hydrogen-bond donors (Lipinski definition) is 2. The molecule has 9 heteroatoms. The van der Waals surface area contributed by atoms with Gasteiger partial charge >= 0.3 is 12.0 Å². The van der Waals surface area contributed by atoms with Crippen LogP contribution in [0.5, 0.6) is 11.5 Å². The van der Waals surface area contributed by atoms with Crippen molar-refractivity contribution in [3.8, 4) is 21.9 Å². The fourth-order valence-corrected chi connectivity index (χ4v) is 5.43. The zero-order chi connectivity index (χ0) is 23.5. The average molecular weight is 480 g/mol. The molecule has 5 rings (SSSR count). The van der Waals surface area contributed by atoms with Crippen LogP contribution in [0.15, 0.2) is 48.7 Å². The molecule has 1 aliphatic carbocycles. The predicted molar refractivity (Wildman–Crippen MR) is 129 cm³/mol. The second kappa shape index (κ2) is 9.72. The summed E-state index contributed by atoms with van der Waals surface area (Å²) >= 11 is 1.69. The Labute approximate surface area is 201 Å². The third-order valence-corrected chi connectivity index (χ3v) is 7.40. The van der Waals surface area contributed by atoms with Gasteiger partial charge in [0.05, 0.1) is 22.9 Å². The molecule has 0 atom stereocenters. The van der Waals surface area contributed by atoms with Gasteiger partial charge in [-0.1, -0.05) is 12.1 Å². The van der Waals surface area contributed by atoms with Gasteiger partial charge in [0, 0.05) is 29.6 Å². The molecule has 1 fully saturated rings. The van der Waals surface area contributed by atoms with Crippen molar-refractivity contribution in [1.82, 2.24) is 4.98 Å². The van der Waals surface area contributed by atoms with Gasteiger partial charge in [-0.3, -0.25) is 4.79 Å². The fraction of sp³-hybridized carbons (Fsp3) is 0.320. The first-order valence-corrected chi connectivity index (χ1v) is 12.0. The van der Waals surface area contributed by atoms with Crippen molar-refractivity contribution in [1.29, 1.82) is 0 Å². The maximum atomic E-state index is 12.4. The quantitative estimate of drug-likeness (QED) is 0.460. The summed E-state index contributed by atoms with van der Waals surface area (Å²) < 4.78 is 15.5. The van der Waals surface area contributed by atoms with Gasteiger partial charge in [-0.25, -0.2) is 9.78 Å². The van der Waals surface area contributed by atoms with Crippen LogP contribution in [0.3, 0.4) is 0 Å². The highest BCUT2D eigenvalue weighted by Crippen LogP contribution is 2.40. The molecule has 0 saturated heterocycles. The molecule has 2 N–H and O–H groups in total. The van der Waals surface area contributed by atoms with Gasteiger partial charge in [0.25, 0.3) is 0 Å². The third kappa shape index (κ3) is 4.84. The van der Waals surface area contributed by atoms with Gasteiger partial charge in [-0.2, -0.15) is 0 Å². The Morgan fingerprint density at radius 3 is 2.44 bits per heavy atom. The Hall–Kier alpha value is -3.59. The Morgan fingerprint density at radius 2 is 1.68 bits per heavy atom. The maximum Gasteiger partial charge on any atom is 0.323 e. The molecule has 2 aliphatic rings. The molecule has 34 heavy (non-hydrogen) atoms. The standard InChI is InChI=1S/C25H25N3O5S/c1-31-24(29)17-4-2-16(3-5-17)23-26-13-22(34-23)15-6-8-18(9-7-15)27-25(30)28-19-10-11-20-21(12-19)33-14-32-20/h6-13,16-17H,2-5,14H2,1H3,(H2,27,28,30). The highest BCUT2D eigenvalue weighted by Gasteiger charge is 2.29. The minimum absolute atomic E-state index is 0.0166. The van der Waals surface area contributed by atoms with E-state index in [4.69, 9.17) is 14.2 Å². The van der Waals surface area contributed by atoms with Crippen molar-refractivity contribution in [2.45, 2.75) is 31.6 Å². The van der Waals surface area contributed by atoms with Crippen molar-refractivity contribution in [3.05, 3.63) is 53.7 Å². The number of nitrogens with one attached hydrogen (secondary N) is 2. The van der Waals surface area contributed by atoms with E-state index in [0.29, 0.717) is 28.8 Å². The molecule has 0 radical (unpaired) electrons. The Kier molecular flexibility index (Phi) is 6.35. The van der Waals surface area contributed by atoms with E-state index < -0.39 is 0 Å². The molecule has 0 unspecified atom stereocenters. The number of aromatic nitrogens is 1. The molecule has 176 valence electrons. The summed E-state index contributed by atoms with van der Waals surface area (Å²) in [5, 5.41) is 6.75. The lowest BCUT2D eigenvalue weighted by molar-refractivity contribution is -0.146. The van der Waals surface area contributed by atoms with Crippen molar-refractivity contribution >= 4 is 34.7 Å². The number of rotatable bonds is 5. The smallest absolute Gasteiger partial charge is 0.323 e. The van der Waals surface area contributed by atoms with Crippen LogP contribution in [0.1, 0.15) is 36.6 Å². The van der Waals surface area contributed by atoms with Crippen LogP contribution >= 0.6 is 11.3 Å². The van der Waals surface area contributed by atoms with Gasteiger partial charge in [-0.05, 0) is 55.5 Å². The second-order valence-corrected chi connectivity index (χ2v) is 9.42. The summed E-state index contributed by atoms with van der Waals surface area (Å²) in [6.07, 6.45) is 5.51. The number of urea groups is 1. The van der Waals surface area contributed by atoms with E-state index in [0.717, 1.165) is 41.1 Å². The lowest BCUT2D eigenvalue weighted by Crippen LogP contribution is -2.22. The summed E-state index contributed by atoms with van der Waals surface area (Å²) in [6, 6.07) is 12.6. The number of carbonyl (C=O) groups excluding carboxylic acids is 2. The van der Waals surface area contributed by atoms with E-state index in [1.165, 1.54) is 7.11 Å². The van der Waals surface area contributed by atoms with Gasteiger partial charge in [0.1, 0.15) is 0 Å². The molecule has 8 nitrogen and oxygen atoms in total. The van der Waals surface area contributed by atoms with Gasteiger partial charge < -0.3 is 24.8 Å². The third-order valence-electron chi connectivity index (χ3n) is 6.19. The molecule has 2 aromatic carbocycles. The molecule has 0 spiro atoms. The predicted octanol–water partition coefficient (Wildman–Crippen LogP) is 5.63. The van der Waals surface area contributed by atoms with E-state index in [-0.39, 0.29) is 24.7 Å². The number of anilines is 2. The summed E-state index contributed by atoms with van der Waals surface area (Å²) in [5.41, 5.74) is 2.36. The Balaban J connectivity index is 1.17. The van der Waals surface area contributed by atoms with E-state index in [1.54, 1.807) is 29.5 Å². The number of hydrogen-bond acceptors (Lipinski definition) is 7. The topological polar surface area (TPSA) is 98.8 Å². The highest BCUT2D eigenvalue weighted by atomic mass is 32.1. The first-order valence-electron chi connectivity index (χ1n) is 11.2. The molecule has 2 heterocycles. The molecule has 1 aromatic heterocycles. The zero-order valence-corrected chi connectivity index (χ0v) is 19.5. The molecule has 0 bridgehead atoms. The fourth-order valence-electron chi connectivity index (χ4n) is 4.34. The first kappa shape index (κ1) is 22.2. The number of nitrogens with zero attached hydrogens (tertiary/aromatic N) is 1. The Morgan fingerprint density at radius 1 is 0.971 bits per heavy atom. The van der Waals surface area contributed by atoms with E-state index in [1.807, 2.05) is 30.5 Å². The largest absolute Gasteiger partial charge is 0.469 e. The maximum absolute atomic E-state index is 12.4. The molecular weight excluding hydrogens is 454 g/mol. The number of esters is 1. The summed E-state index contributed by atoms with van der Waals surface area (Å²) in [6.45, 7) is 0.190. The normalized spacial score (nSPS) is 18.9. The van der Waals surface area contributed by atoms with Gasteiger partial charge in [0.15, 0.2) is 11.5 Å². The zero-order valence-electron chi connectivity index (χ0n) is 18.7. The van der Waals surface area contributed by atoms with E-state index >= 15 is 0 Å². The van der Waals surface area contributed by atoms with E-state index in [9.17, 15) is 9.59 Å². The minimum atomic E-state index is -0.339. The average Bonchev–Trinajstić information content (AvgIpc) is 3.54. The van der Waals surface area contributed by atoms with Crippen molar-refractivity contribution < 1.29 is 23.8 Å². The number of carbonyl (C=O) groups is 2. The summed E-state index contributed by atoms with van der Waals surface area (Å²) in [4.78, 5) is 29.9. The first-order chi connectivity index (χ1) is 16.6. The molecule has 1 aliphatic heterocycles. The number of benzene rings is 2. The molecule has 1 saturated carbocycles. The highest BCUT2D eigenvalue weighted by molar-refractivity contribution is 7.15. The number of methoxy groups -OCH3 is 1. The van der Waals surface area contributed by atoms with Crippen LogP contribution in [-0.2, 0) is 9.53 Å². The minimum Gasteiger partial charge on any atom is -0.469 e. The number of amides is 2. The number of fused-ring (bicyclic) bond motifs is 1. The molecule has 3 aromatic rings. The van der Waals surface area contributed by atoms with E-state index in [2.05, 4.69) is 15.6 Å². The van der Waals surface area contributed by atoms with Crippen molar-refractivity contribution in [3.63, 3.8) is 0 Å². The lowest BCUT2D eigenvalue weighted by Gasteiger charge is -2.25. The van der Waals surface area contributed by atoms with Crippen LogP contribution in [0, 0.1) is 5.92 Å². The summed E-state index contributed by atoms with van der Waals surface area (Å²) in [5.74, 6) is 1.59. The number of ether oxygens (including phenoxy) is 3. The Bertz CT molecular complexity index is 1190.